The maximum Gasteiger partial charge on any atom is 1.00 e. The van der Waals surface area contributed by atoms with Crippen molar-refractivity contribution in [3.63, 3.8) is 0 Å². The Morgan fingerprint density at radius 3 is 2.77 bits per heavy atom. The van der Waals surface area contributed by atoms with E-state index >= 15 is 0 Å². The van der Waals surface area contributed by atoms with E-state index in [0.717, 1.165) is 19.4 Å². The van der Waals surface area contributed by atoms with Gasteiger partial charge in [-0.25, -0.2) is 0 Å². The molecular weight excluding hydrogens is 185 g/mol. The molecule has 7 heteroatoms. The van der Waals surface area contributed by atoms with E-state index in [2.05, 4.69) is 5.90 Å². The zero-order valence-corrected chi connectivity index (χ0v) is 10.3. The molecule has 13 heavy (non-hydrogen) atoms. The van der Waals surface area contributed by atoms with Crippen molar-refractivity contribution in [2.75, 3.05) is 20.3 Å². The first-order valence-corrected chi connectivity index (χ1v) is 3.85. The van der Waals surface area contributed by atoms with Crippen LogP contribution in [0.25, 0.3) is 0 Å². The van der Waals surface area contributed by atoms with Crippen LogP contribution >= 0.6 is 0 Å². The molecule has 5 N–H and O–H groups in total. The molecule has 1 heterocycles. The fourth-order valence-electron chi connectivity index (χ4n) is 1.33. The summed E-state index contributed by atoms with van der Waals surface area (Å²) in [7, 11) is 1.63. The van der Waals surface area contributed by atoms with Gasteiger partial charge in [-0.2, -0.15) is 4.84 Å². The number of aliphatic hydroxyl groups is 1. The van der Waals surface area contributed by atoms with Crippen LogP contribution in [0.2, 0.25) is 0 Å². The second-order valence-electron chi connectivity index (χ2n) is 2.56. The quantitative estimate of drug-likeness (QED) is 0.242. The van der Waals surface area contributed by atoms with Gasteiger partial charge in [0.2, 0.25) is 0 Å². The smallest absolute Gasteiger partial charge is 0.790 e. The standard InChI is InChI=1S/C6H14N2O2.H2NO.Na/c1-10-7-8-4-2-3-6(8)5-9;1-2;/h6-7,9H,2-5H2,1H3;1H2;/q;-1;+1/p+1. The van der Waals surface area contributed by atoms with Crippen molar-refractivity contribution in [3.8, 4) is 0 Å². The number of nitrogens with two attached hydrogens (primary N) is 2. The first-order chi connectivity index (χ1) is 5.88. The molecule has 1 aliphatic heterocycles. The molecule has 1 saturated heterocycles. The Bertz CT molecular complexity index is 109. The summed E-state index contributed by atoms with van der Waals surface area (Å²) in [5.41, 5.74) is 1.69. The summed E-state index contributed by atoms with van der Waals surface area (Å²) in [5, 5.41) is 18.6. The van der Waals surface area contributed by atoms with E-state index in [-0.39, 0.29) is 36.2 Å². The van der Waals surface area contributed by atoms with E-state index in [4.69, 9.17) is 15.2 Å². The van der Waals surface area contributed by atoms with Crippen LogP contribution in [0.4, 0.5) is 0 Å². The van der Waals surface area contributed by atoms with Gasteiger partial charge in [0, 0.05) is 0 Å². The fraction of sp³-hybridized carbons (Fsp3) is 1.00. The molecule has 1 unspecified atom stereocenters. The summed E-state index contributed by atoms with van der Waals surface area (Å²) in [4.78, 5) is 4.85. The molecule has 1 atom stereocenters. The largest absolute Gasteiger partial charge is 1.00 e. The third-order valence-corrected chi connectivity index (χ3v) is 1.87. The van der Waals surface area contributed by atoms with Crippen molar-refractivity contribution >= 4 is 0 Å². The van der Waals surface area contributed by atoms with Gasteiger partial charge in [0.25, 0.3) is 0 Å². The number of nitrogens with zero attached hydrogens (tertiary/aromatic N) is 1. The molecule has 1 rings (SSSR count). The Morgan fingerprint density at radius 1 is 1.69 bits per heavy atom. The third-order valence-electron chi connectivity index (χ3n) is 1.87. The van der Waals surface area contributed by atoms with E-state index in [1.54, 1.807) is 12.7 Å². The third kappa shape index (κ3) is 5.95. The Labute approximate surface area is 100 Å². The maximum absolute atomic E-state index is 8.85. The number of hydrogen-bond donors (Lipinski definition) is 3. The van der Waals surface area contributed by atoms with Gasteiger partial charge >= 0.3 is 29.6 Å². The van der Waals surface area contributed by atoms with Crippen molar-refractivity contribution in [1.29, 1.82) is 0 Å². The minimum absolute atomic E-state index is 0. The van der Waals surface area contributed by atoms with Crippen molar-refractivity contribution in [2.24, 2.45) is 5.90 Å². The van der Waals surface area contributed by atoms with Crippen LogP contribution in [0.3, 0.4) is 0 Å². The summed E-state index contributed by atoms with van der Waals surface area (Å²) >= 11 is 0. The summed E-state index contributed by atoms with van der Waals surface area (Å²) < 4.78 is 0. The molecule has 0 aliphatic carbocycles. The normalized spacial score (nSPS) is 21.7. The number of aliphatic hydroxyl groups excluding tert-OH is 1. The monoisotopic (exact) mass is 202 g/mol. The van der Waals surface area contributed by atoms with Gasteiger partial charge in [-0.3, -0.25) is 0 Å². The zero-order chi connectivity index (χ0) is 9.40. The maximum atomic E-state index is 8.85. The summed E-state index contributed by atoms with van der Waals surface area (Å²) in [6.45, 7) is 1.25. The Balaban J connectivity index is 0. The molecule has 0 saturated carbocycles. The molecule has 0 aromatic rings. The molecule has 0 amide bonds. The molecule has 0 radical (unpaired) electrons. The van der Waals surface area contributed by atoms with E-state index in [1.807, 2.05) is 5.01 Å². The van der Waals surface area contributed by atoms with E-state index < -0.39 is 0 Å². The predicted molar refractivity (Wildman–Crippen MR) is 43.3 cm³/mol. The van der Waals surface area contributed by atoms with Crippen molar-refractivity contribution < 1.29 is 45.1 Å². The number of quaternary nitrogens is 1. The second-order valence-corrected chi connectivity index (χ2v) is 2.56. The van der Waals surface area contributed by atoms with Crippen molar-refractivity contribution in [1.82, 2.24) is 5.01 Å². The van der Waals surface area contributed by atoms with E-state index in [1.165, 1.54) is 0 Å². The first kappa shape index (κ1) is 16.2. The fourth-order valence-corrected chi connectivity index (χ4v) is 1.33. The van der Waals surface area contributed by atoms with E-state index in [0.29, 0.717) is 6.04 Å². The Kier molecular flexibility index (Phi) is 13.5. The minimum Gasteiger partial charge on any atom is -0.790 e. The Morgan fingerprint density at radius 2 is 2.31 bits per heavy atom. The van der Waals surface area contributed by atoms with Gasteiger partial charge in [0.05, 0.1) is 26.3 Å². The van der Waals surface area contributed by atoms with Gasteiger partial charge in [-0.15, -0.1) is 10.6 Å². The zero-order valence-electron chi connectivity index (χ0n) is 8.27. The first-order valence-electron chi connectivity index (χ1n) is 3.85. The molecule has 1 fully saturated rings. The average Bonchev–Trinajstić information content (AvgIpc) is 2.56. The molecule has 74 valence electrons. The van der Waals surface area contributed by atoms with Crippen LogP contribution in [0.1, 0.15) is 12.8 Å². The number of hydrogen-bond acceptors (Lipinski definition) is 5. The summed E-state index contributed by atoms with van der Waals surface area (Å²) in [5.74, 6) is 3.25. The second kappa shape index (κ2) is 10.8. The molecule has 0 aromatic heterocycles. The molecule has 0 aromatic carbocycles. The van der Waals surface area contributed by atoms with E-state index in [9.17, 15) is 0 Å². The minimum atomic E-state index is 0. The molecule has 1 aliphatic rings. The molecule has 0 bridgehead atoms. The van der Waals surface area contributed by atoms with Crippen LogP contribution in [0.15, 0.2) is 0 Å². The van der Waals surface area contributed by atoms with Crippen LogP contribution in [-0.2, 0) is 4.84 Å². The SMILES string of the molecule is CO[NH2+]N1CCCC1CO.N[O-].[Na+]. The number of rotatable bonds is 3. The van der Waals surface area contributed by atoms with Gasteiger partial charge in [0.1, 0.15) is 0 Å². The van der Waals surface area contributed by atoms with Gasteiger partial charge < -0.3 is 16.2 Å². The topological polar surface area (TPSA) is 98.4 Å². The van der Waals surface area contributed by atoms with Crippen LogP contribution in [-0.4, -0.2) is 36.4 Å². The summed E-state index contributed by atoms with van der Waals surface area (Å²) in [6.07, 6.45) is 2.24. The molecule has 0 spiro atoms. The van der Waals surface area contributed by atoms with Crippen molar-refractivity contribution in [3.05, 3.63) is 5.21 Å². The van der Waals surface area contributed by atoms with Crippen LogP contribution in [0, 0.1) is 5.21 Å². The summed E-state index contributed by atoms with van der Waals surface area (Å²) in [6, 6.07) is 0.292. The van der Waals surface area contributed by atoms with Gasteiger partial charge in [-0.05, 0) is 12.8 Å². The van der Waals surface area contributed by atoms with Gasteiger partial charge in [-0.1, -0.05) is 0 Å². The average molecular weight is 202 g/mol. The van der Waals surface area contributed by atoms with Crippen LogP contribution < -0.4 is 41.0 Å². The molecular formula is C6H17N3NaO3+. The van der Waals surface area contributed by atoms with Crippen molar-refractivity contribution in [2.45, 2.75) is 18.9 Å². The van der Waals surface area contributed by atoms with Gasteiger partial charge in [0.15, 0.2) is 0 Å². The Hall–Kier alpha value is 0.760. The molecule has 6 nitrogen and oxygen atoms in total. The van der Waals surface area contributed by atoms with Crippen LogP contribution in [0.5, 0.6) is 0 Å². The predicted octanol–water partition coefficient (Wildman–Crippen LogP) is -5.07.